The summed E-state index contributed by atoms with van der Waals surface area (Å²) in [4.78, 5) is 28.7. The van der Waals surface area contributed by atoms with Gasteiger partial charge in [0.25, 0.3) is 5.56 Å². The Kier molecular flexibility index (Phi) is 4.85. The highest BCUT2D eigenvalue weighted by molar-refractivity contribution is 5.77. The molecule has 2 saturated heterocycles. The Bertz CT molecular complexity index is 619. The molecule has 5 heteroatoms. The fourth-order valence-corrected chi connectivity index (χ4v) is 3.81. The Hall–Kier alpha value is -1.62. The van der Waals surface area contributed by atoms with E-state index < -0.39 is 0 Å². The van der Waals surface area contributed by atoms with Crippen molar-refractivity contribution in [3.8, 4) is 0 Å². The molecule has 0 N–H and O–H groups in total. The van der Waals surface area contributed by atoms with Crippen molar-refractivity contribution < 1.29 is 4.79 Å². The fourth-order valence-electron chi connectivity index (χ4n) is 3.81. The zero-order valence-electron chi connectivity index (χ0n) is 14.2. The van der Waals surface area contributed by atoms with Gasteiger partial charge in [-0.2, -0.15) is 0 Å². The van der Waals surface area contributed by atoms with Gasteiger partial charge in [0.05, 0.1) is 0 Å². The summed E-state index contributed by atoms with van der Waals surface area (Å²) in [5.74, 6) is 0.168. The number of carbonyl (C=O) groups is 1. The van der Waals surface area contributed by atoms with Crippen LogP contribution in [0.5, 0.6) is 0 Å². The van der Waals surface area contributed by atoms with Gasteiger partial charge < -0.3 is 9.47 Å². The zero-order chi connectivity index (χ0) is 16.4. The van der Waals surface area contributed by atoms with Crippen LogP contribution >= 0.6 is 0 Å². The van der Waals surface area contributed by atoms with Crippen molar-refractivity contribution in [2.45, 2.75) is 58.2 Å². The van der Waals surface area contributed by atoms with Gasteiger partial charge in [0.1, 0.15) is 0 Å². The molecular formula is C18H27N3O2. The van der Waals surface area contributed by atoms with E-state index in [1.54, 1.807) is 16.7 Å². The van der Waals surface area contributed by atoms with Gasteiger partial charge in [0, 0.05) is 49.9 Å². The largest absolute Gasteiger partial charge is 0.339 e. The molecule has 0 radical (unpaired) electrons. The number of aryl methyl sites for hydroxylation is 1. The van der Waals surface area contributed by atoms with Gasteiger partial charge >= 0.3 is 0 Å². The van der Waals surface area contributed by atoms with E-state index in [1.165, 1.54) is 25.8 Å². The third-order valence-corrected chi connectivity index (χ3v) is 5.36. The molecule has 0 aromatic carbocycles. The number of pyridine rings is 1. The number of rotatable bonds is 4. The highest BCUT2D eigenvalue weighted by Crippen LogP contribution is 2.24. The molecule has 1 amide bonds. The predicted molar refractivity (Wildman–Crippen MR) is 90.4 cm³/mol. The van der Waals surface area contributed by atoms with Crippen LogP contribution in [0.3, 0.4) is 0 Å². The summed E-state index contributed by atoms with van der Waals surface area (Å²) in [6.45, 7) is 7.56. The quantitative estimate of drug-likeness (QED) is 0.848. The third kappa shape index (κ3) is 3.50. The molecule has 2 aliphatic heterocycles. The van der Waals surface area contributed by atoms with Crippen LogP contribution < -0.4 is 5.56 Å². The maximum atomic E-state index is 12.3. The number of carbonyl (C=O) groups excluding carboxylic acids is 1. The van der Waals surface area contributed by atoms with Crippen molar-refractivity contribution in [2.75, 3.05) is 19.6 Å². The number of aromatic nitrogens is 1. The maximum absolute atomic E-state index is 12.3. The SMILES string of the molecule is Cc1cccc(=O)n1CCC(=O)N1CC(N2CCCCC2C)C1. The monoisotopic (exact) mass is 317 g/mol. The number of piperidine rings is 1. The number of nitrogens with zero attached hydrogens (tertiary/aromatic N) is 3. The molecule has 2 fully saturated rings. The average molecular weight is 317 g/mol. The minimum absolute atomic E-state index is 0.0265. The first-order valence-electron chi connectivity index (χ1n) is 8.76. The van der Waals surface area contributed by atoms with Crippen molar-refractivity contribution >= 4 is 5.91 Å². The van der Waals surface area contributed by atoms with E-state index in [-0.39, 0.29) is 11.5 Å². The average Bonchev–Trinajstić information content (AvgIpc) is 2.47. The van der Waals surface area contributed by atoms with Crippen LogP contribution in [0.25, 0.3) is 0 Å². The molecule has 0 saturated carbocycles. The van der Waals surface area contributed by atoms with E-state index in [2.05, 4.69) is 11.8 Å². The second-order valence-corrected chi connectivity index (χ2v) is 6.94. The summed E-state index contributed by atoms with van der Waals surface area (Å²) in [5, 5.41) is 0. The van der Waals surface area contributed by atoms with Crippen LogP contribution in [-0.2, 0) is 11.3 Å². The predicted octanol–water partition coefficient (Wildman–Crippen LogP) is 1.63. The van der Waals surface area contributed by atoms with E-state index in [9.17, 15) is 9.59 Å². The number of hydrogen-bond acceptors (Lipinski definition) is 3. The molecule has 23 heavy (non-hydrogen) atoms. The lowest BCUT2D eigenvalue weighted by Gasteiger charge is -2.49. The van der Waals surface area contributed by atoms with E-state index in [0.29, 0.717) is 25.0 Å². The minimum atomic E-state index is -0.0265. The van der Waals surface area contributed by atoms with E-state index in [1.807, 2.05) is 17.9 Å². The fraction of sp³-hybridized carbons (Fsp3) is 0.667. The van der Waals surface area contributed by atoms with Crippen LogP contribution in [0, 0.1) is 6.92 Å². The molecule has 0 bridgehead atoms. The first-order chi connectivity index (χ1) is 11.1. The third-order valence-electron chi connectivity index (χ3n) is 5.36. The Labute approximate surface area is 137 Å². The van der Waals surface area contributed by atoms with Gasteiger partial charge in [0.2, 0.25) is 5.91 Å². The molecule has 1 aromatic rings. The summed E-state index contributed by atoms with van der Waals surface area (Å²) in [6, 6.07) is 6.40. The van der Waals surface area contributed by atoms with Gasteiger partial charge in [-0.3, -0.25) is 14.5 Å². The van der Waals surface area contributed by atoms with Gasteiger partial charge in [-0.05, 0) is 39.3 Å². The van der Waals surface area contributed by atoms with Crippen LogP contribution in [-0.4, -0.2) is 52.0 Å². The standard InChI is InChI=1S/C18H27N3O2/c1-14-6-3-4-10-20(14)16-12-19(13-16)17(22)9-11-21-15(2)7-5-8-18(21)23/h5,7-8,14,16H,3-4,6,9-13H2,1-2H3. The van der Waals surface area contributed by atoms with E-state index >= 15 is 0 Å². The molecule has 1 atom stereocenters. The lowest BCUT2D eigenvalue weighted by molar-refractivity contribution is -0.140. The topological polar surface area (TPSA) is 45.6 Å². The zero-order valence-corrected chi connectivity index (χ0v) is 14.2. The minimum Gasteiger partial charge on any atom is -0.339 e. The summed E-state index contributed by atoms with van der Waals surface area (Å²) >= 11 is 0. The Balaban J connectivity index is 1.48. The number of hydrogen-bond donors (Lipinski definition) is 0. The number of amides is 1. The Morgan fingerprint density at radius 3 is 2.74 bits per heavy atom. The van der Waals surface area contributed by atoms with Crippen molar-refractivity contribution in [2.24, 2.45) is 0 Å². The van der Waals surface area contributed by atoms with E-state index in [4.69, 9.17) is 0 Å². The molecule has 1 aromatic heterocycles. The van der Waals surface area contributed by atoms with Crippen molar-refractivity contribution in [3.63, 3.8) is 0 Å². The lowest BCUT2D eigenvalue weighted by Crippen LogP contribution is -2.63. The lowest BCUT2D eigenvalue weighted by atomic mass is 9.97. The normalized spacial score (nSPS) is 22.9. The molecule has 0 spiro atoms. The summed E-state index contributed by atoms with van der Waals surface area (Å²) in [5.41, 5.74) is 0.885. The Morgan fingerprint density at radius 2 is 2.04 bits per heavy atom. The Morgan fingerprint density at radius 1 is 1.26 bits per heavy atom. The molecule has 2 aliphatic rings. The molecular weight excluding hydrogens is 290 g/mol. The first-order valence-corrected chi connectivity index (χ1v) is 8.76. The van der Waals surface area contributed by atoms with Crippen molar-refractivity contribution in [1.82, 2.24) is 14.4 Å². The first kappa shape index (κ1) is 16.2. The van der Waals surface area contributed by atoms with Crippen LogP contribution in [0.2, 0.25) is 0 Å². The van der Waals surface area contributed by atoms with Crippen molar-refractivity contribution in [1.29, 1.82) is 0 Å². The van der Waals surface area contributed by atoms with Crippen LogP contribution in [0.15, 0.2) is 23.0 Å². The molecule has 1 unspecified atom stereocenters. The molecule has 3 heterocycles. The highest BCUT2D eigenvalue weighted by atomic mass is 16.2. The molecule has 0 aliphatic carbocycles. The molecule has 126 valence electrons. The summed E-state index contributed by atoms with van der Waals surface area (Å²) < 4.78 is 1.68. The molecule has 5 nitrogen and oxygen atoms in total. The van der Waals surface area contributed by atoms with Gasteiger partial charge in [-0.25, -0.2) is 0 Å². The second-order valence-electron chi connectivity index (χ2n) is 6.94. The number of likely N-dealkylation sites (tertiary alicyclic amines) is 2. The van der Waals surface area contributed by atoms with Crippen LogP contribution in [0.4, 0.5) is 0 Å². The van der Waals surface area contributed by atoms with Crippen molar-refractivity contribution in [3.05, 3.63) is 34.2 Å². The van der Waals surface area contributed by atoms with E-state index in [0.717, 1.165) is 18.8 Å². The van der Waals surface area contributed by atoms with Gasteiger partial charge in [-0.1, -0.05) is 12.5 Å². The summed E-state index contributed by atoms with van der Waals surface area (Å²) in [7, 11) is 0. The smallest absolute Gasteiger partial charge is 0.250 e. The van der Waals surface area contributed by atoms with Gasteiger partial charge in [-0.15, -0.1) is 0 Å². The van der Waals surface area contributed by atoms with Gasteiger partial charge in [0.15, 0.2) is 0 Å². The second kappa shape index (κ2) is 6.87. The van der Waals surface area contributed by atoms with Crippen LogP contribution in [0.1, 0.15) is 38.3 Å². The molecule has 3 rings (SSSR count). The summed E-state index contributed by atoms with van der Waals surface area (Å²) in [6.07, 6.45) is 4.30. The highest BCUT2D eigenvalue weighted by Gasteiger charge is 2.37. The maximum Gasteiger partial charge on any atom is 0.250 e.